The van der Waals surface area contributed by atoms with Crippen LogP contribution in [0.5, 0.6) is 5.75 Å². The second-order valence-electron chi connectivity index (χ2n) is 9.23. The predicted octanol–water partition coefficient (Wildman–Crippen LogP) is 4.76. The molecule has 1 saturated carbocycles. The molecule has 0 radical (unpaired) electrons. The largest absolute Gasteiger partial charge is 0.487 e. The van der Waals surface area contributed by atoms with Crippen LogP contribution in [-0.4, -0.2) is 41.2 Å². The highest BCUT2D eigenvalue weighted by atomic mass is 19.4. The quantitative estimate of drug-likeness (QED) is 0.426. The first-order chi connectivity index (χ1) is 17.9. The molecule has 5 rings (SSSR count). The molecule has 0 atom stereocenters. The number of anilines is 1. The summed E-state index contributed by atoms with van der Waals surface area (Å²) >= 11 is 0. The van der Waals surface area contributed by atoms with Crippen LogP contribution in [0.3, 0.4) is 0 Å². The Bertz CT molecular complexity index is 1400. The lowest BCUT2D eigenvalue weighted by Crippen LogP contribution is -2.55. The van der Waals surface area contributed by atoms with Gasteiger partial charge in [0.2, 0.25) is 0 Å². The van der Waals surface area contributed by atoms with Crippen LogP contribution in [0.1, 0.15) is 44.7 Å². The Labute approximate surface area is 212 Å². The number of carbonyl (C=O) groups excluding carboxylic acids is 1. The molecular formula is C26H20F5N3O4. The van der Waals surface area contributed by atoms with Crippen LogP contribution >= 0.6 is 0 Å². The second-order valence-corrected chi connectivity index (χ2v) is 9.23. The molecule has 7 nitrogen and oxygen atoms in total. The number of amides is 1. The Morgan fingerprint density at radius 1 is 1.03 bits per heavy atom. The number of carboxylic acid groups (broad SMARTS) is 1. The highest BCUT2D eigenvalue weighted by Crippen LogP contribution is 2.46. The summed E-state index contributed by atoms with van der Waals surface area (Å²) in [5.74, 6) is -3.85. The van der Waals surface area contributed by atoms with Gasteiger partial charge < -0.3 is 20.1 Å². The molecule has 1 aliphatic carbocycles. The first-order valence-corrected chi connectivity index (χ1v) is 11.6. The zero-order valence-electron chi connectivity index (χ0n) is 19.6. The zero-order chi connectivity index (χ0) is 27.2. The number of hydrogen-bond donors (Lipinski definition) is 2. The molecule has 0 unspecified atom stereocenters. The minimum absolute atomic E-state index is 0.0256. The maximum absolute atomic E-state index is 13.4. The Balaban J connectivity index is 1.35. The van der Waals surface area contributed by atoms with Gasteiger partial charge in [-0.3, -0.25) is 4.79 Å². The van der Waals surface area contributed by atoms with Crippen molar-refractivity contribution in [3.8, 4) is 5.75 Å². The summed E-state index contributed by atoms with van der Waals surface area (Å²) in [6.07, 6.45) is -3.51. The van der Waals surface area contributed by atoms with Gasteiger partial charge in [0.15, 0.2) is 11.6 Å². The fourth-order valence-corrected chi connectivity index (χ4v) is 4.29. The summed E-state index contributed by atoms with van der Waals surface area (Å²) in [5, 5.41) is 11.9. The van der Waals surface area contributed by atoms with Crippen LogP contribution in [-0.2, 0) is 11.7 Å². The Morgan fingerprint density at radius 3 is 2.29 bits per heavy atom. The van der Waals surface area contributed by atoms with Crippen LogP contribution in [0.2, 0.25) is 0 Å². The minimum atomic E-state index is -4.72. The number of halogens is 5. The number of hydrogen-bond acceptors (Lipinski definition) is 5. The molecule has 2 N–H and O–H groups in total. The van der Waals surface area contributed by atoms with Crippen molar-refractivity contribution in [2.75, 3.05) is 18.0 Å². The third-order valence-electron chi connectivity index (χ3n) is 6.57. The molecule has 1 saturated heterocycles. The number of pyridine rings is 1. The van der Waals surface area contributed by atoms with Crippen LogP contribution in [0.4, 0.5) is 27.8 Å². The highest BCUT2D eigenvalue weighted by molar-refractivity contribution is 6.00. The molecule has 2 fully saturated rings. The molecule has 198 valence electrons. The molecule has 12 heteroatoms. The van der Waals surface area contributed by atoms with E-state index in [-0.39, 0.29) is 35.8 Å². The van der Waals surface area contributed by atoms with Gasteiger partial charge >= 0.3 is 12.1 Å². The number of carboxylic acids is 1. The maximum atomic E-state index is 13.4. The average molecular weight is 533 g/mol. The van der Waals surface area contributed by atoms with Gasteiger partial charge in [-0.2, -0.15) is 13.2 Å². The van der Waals surface area contributed by atoms with Crippen molar-refractivity contribution in [3.63, 3.8) is 0 Å². The van der Waals surface area contributed by atoms with Crippen LogP contribution < -0.4 is 15.0 Å². The number of carbonyl (C=O) groups is 2. The topological polar surface area (TPSA) is 91.8 Å². The first kappa shape index (κ1) is 25.4. The van der Waals surface area contributed by atoms with Crippen LogP contribution in [0, 0.1) is 11.6 Å². The van der Waals surface area contributed by atoms with Crippen molar-refractivity contribution in [1.29, 1.82) is 0 Å². The van der Waals surface area contributed by atoms with Crippen molar-refractivity contribution in [2.45, 2.75) is 30.7 Å². The molecule has 0 bridgehead atoms. The van der Waals surface area contributed by atoms with E-state index in [1.54, 1.807) is 17.0 Å². The normalized spacial score (nSPS) is 16.5. The molecule has 1 amide bonds. The van der Waals surface area contributed by atoms with E-state index < -0.39 is 46.9 Å². The summed E-state index contributed by atoms with van der Waals surface area (Å²) in [5.41, 5.74) is -1.48. The maximum Gasteiger partial charge on any atom is 0.417 e. The van der Waals surface area contributed by atoms with Crippen molar-refractivity contribution < 1.29 is 41.4 Å². The van der Waals surface area contributed by atoms with Gasteiger partial charge in [-0.05, 0) is 48.7 Å². The molecule has 1 aromatic heterocycles. The van der Waals surface area contributed by atoms with Crippen molar-refractivity contribution in [1.82, 2.24) is 10.3 Å². The Kier molecular flexibility index (Phi) is 6.20. The zero-order valence-corrected chi connectivity index (χ0v) is 19.6. The fraction of sp³-hybridized carbons (Fsp3) is 0.269. The SMILES string of the molecule is O=C(O)c1ccc(C2(NC(=O)c3cc(C(F)(F)F)cnc3N3CC(Oc4ccc(F)c(F)c4)C3)CC2)cc1. The molecule has 3 aromatic rings. The fourth-order valence-electron chi connectivity index (χ4n) is 4.29. The summed E-state index contributed by atoms with van der Waals surface area (Å²) in [6.45, 7) is 0.304. The molecule has 0 spiro atoms. The number of ether oxygens (including phenoxy) is 1. The van der Waals surface area contributed by atoms with Gasteiger partial charge in [0.25, 0.3) is 5.91 Å². The van der Waals surface area contributed by atoms with E-state index in [1.807, 2.05) is 0 Å². The Morgan fingerprint density at radius 2 is 1.71 bits per heavy atom. The second kappa shape index (κ2) is 9.26. The molecule has 2 aromatic carbocycles. The third kappa shape index (κ3) is 4.98. The number of rotatable bonds is 7. The lowest BCUT2D eigenvalue weighted by Gasteiger charge is -2.40. The summed E-state index contributed by atoms with van der Waals surface area (Å²) in [7, 11) is 0. The molecule has 1 aliphatic heterocycles. The molecule has 38 heavy (non-hydrogen) atoms. The summed E-state index contributed by atoms with van der Waals surface area (Å²) in [4.78, 5) is 29.9. The van der Waals surface area contributed by atoms with Gasteiger partial charge in [-0.25, -0.2) is 18.6 Å². The number of nitrogens with one attached hydrogen (secondary N) is 1. The van der Waals surface area contributed by atoms with Gasteiger partial charge in [0, 0.05) is 12.3 Å². The van der Waals surface area contributed by atoms with Gasteiger partial charge in [-0.15, -0.1) is 0 Å². The number of alkyl halides is 3. The Hall–Kier alpha value is -4.22. The smallest absolute Gasteiger partial charge is 0.417 e. The van der Waals surface area contributed by atoms with Crippen molar-refractivity contribution in [2.24, 2.45) is 0 Å². The van der Waals surface area contributed by atoms with E-state index in [0.29, 0.717) is 24.6 Å². The minimum Gasteiger partial charge on any atom is -0.487 e. The number of aromatic nitrogens is 1. The van der Waals surface area contributed by atoms with E-state index in [2.05, 4.69) is 10.3 Å². The summed E-state index contributed by atoms with van der Waals surface area (Å²) < 4.78 is 72.5. The lowest BCUT2D eigenvalue weighted by molar-refractivity contribution is -0.137. The summed E-state index contributed by atoms with van der Waals surface area (Å²) in [6, 6.07) is 9.74. The van der Waals surface area contributed by atoms with E-state index in [9.17, 15) is 31.5 Å². The van der Waals surface area contributed by atoms with E-state index >= 15 is 0 Å². The number of nitrogens with zero attached hydrogens (tertiary/aromatic N) is 2. The number of benzene rings is 2. The lowest BCUT2D eigenvalue weighted by atomic mass is 10.0. The van der Waals surface area contributed by atoms with Crippen LogP contribution in [0.15, 0.2) is 54.7 Å². The average Bonchev–Trinajstić information content (AvgIpc) is 3.63. The van der Waals surface area contributed by atoms with E-state index in [1.165, 1.54) is 18.2 Å². The number of aromatic carboxylic acids is 1. The van der Waals surface area contributed by atoms with Gasteiger partial charge in [0.1, 0.15) is 17.7 Å². The standard InChI is InChI=1S/C26H20F5N3O4/c27-20-6-5-17(10-21(20)28)38-18-12-34(13-18)22-19(9-16(11-32-22)26(29,30)31)23(35)33-25(7-8-25)15-3-1-14(2-4-15)24(36)37/h1-6,9-11,18H,7-8,12-13H2,(H,33,35)(H,36,37). The van der Waals surface area contributed by atoms with E-state index in [4.69, 9.17) is 9.84 Å². The molecule has 2 heterocycles. The van der Waals surface area contributed by atoms with Gasteiger partial charge in [0.05, 0.1) is 35.3 Å². The van der Waals surface area contributed by atoms with E-state index in [0.717, 1.165) is 18.2 Å². The third-order valence-corrected chi connectivity index (χ3v) is 6.57. The van der Waals surface area contributed by atoms with Crippen LogP contribution in [0.25, 0.3) is 0 Å². The molecule has 2 aliphatic rings. The molecular weight excluding hydrogens is 513 g/mol. The first-order valence-electron chi connectivity index (χ1n) is 11.6. The highest BCUT2D eigenvalue weighted by Gasteiger charge is 2.47. The van der Waals surface area contributed by atoms with Crippen molar-refractivity contribution in [3.05, 3.63) is 88.6 Å². The van der Waals surface area contributed by atoms with Crippen molar-refractivity contribution >= 4 is 17.7 Å². The monoisotopic (exact) mass is 533 g/mol. The predicted molar refractivity (Wildman–Crippen MR) is 124 cm³/mol. The van der Waals surface area contributed by atoms with Gasteiger partial charge in [-0.1, -0.05) is 12.1 Å².